The lowest BCUT2D eigenvalue weighted by atomic mass is 9.88. The maximum atomic E-state index is 8.04. The van der Waals surface area contributed by atoms with Crippen LogP contribution in [0.5, 0.6) is 0 Å². The highest BCUT2D eigenvalue weighted by Crippen LogP contribution is 2.32. The molecule has 2 N–H and O–H groups in total. The first-order valence-electron chi connectivity index (χ1n) is 6.56. The van der Waals surface area contributed by atoms with Crippen molar-refractivity contribution in [3.05, 3.63) is 65.7 Å². The zero-order valence-electron chi connectivity index (χ0n) is 10.8. The van der Waals surface area contributed by atoms with Gasteiger partial charge in [0.05, 0.1) is 11.4 Å². The van der Waals surface area contributed by atoms with Gasteiger partial charge in [0, 0.05) is 5.56 Å². The van der Waals surface area contributed by atoms with E-state index in [0.29, 0.717) is 5.71 Å². The Morgan fingerprint density at radius 1 is 0.650 bits per heavy atom. The van der Waals surface area contributed by atoms with E-state index in [1.54, 1.807) is 6.08 Å². The second-order valence-electron chi connectivity index (χ2n) is 5.03. The minimum atomic E-state index is 0.276. The molecule has 1 aliphatic carbocycles. The molecule has 0 amide bonds. The molecule has 0 radical (unpaired) electrons. The number of hydrogen-bond donors (Lipinski definition) is 2. The molecule has 2 heteroatoms. The van der Waals surface area contributed by atoms with E-state index in [0.717, 1.165) is 16.5 Å². The first-order valence-corrected chi connectivity index (χ1v) is 6.56. The molecule has 4 rings (SSSR count). The fourth-order valence-electron chi connectivity index (χ4n) is 2.90. The molecule has 0 aliphatic heterocycles. The zero-order valence-corrected chi connectivity index (χ0v) is 10.8. The van der Waals surface area contributed by atoms with Crippen LogP contribution >= 0.6 is 0 Å². The normalized spacial score (nSPS) is 14.0. The Hall–Kier alpha value is -2.74. The summed E-state index contributed by atoms with van der Waals surface area (Å²) in [6.45, 7) is 0. The van der Waals surface area contributed by atoms with Crippen LogP contribution in [0.4, 0.5) is 0 Å². The van der Waals surface area contributed by atoms with E-state index in [1.165, 1.54) is 16.2 Å². The fourth-order valence-corrected chi connectivity index (χ4v) is 2.90. The summed E-state index contributed by atoms with van der Waals surface area (Å²) in [6, 6.07) is 16.6. The predicted octanol–water partition coefficient (Wildman–Crippen LogP) is 4.41. The smallest absolute Gasteiger partial charge is 0.0867 e. The second-order valence-corrected chi connectivity index (χ2v) is 5.03. The molecule has 0 heterocycles. The van der Waals surface area contributed by atoms with Crippen molar-refractivity contribution in [2.45, 2.75) is 0 Å². The molecule has 0 aromatic heterocycles. The molecule has 94 valence electrons. The minimum Gasteiger partial charge on any atom is -0.299 e. The number of fused-ring (bicyclic) bond motifs is 5. The van der Waals surface area contributed by atoms with E-state index >= 15 is 0 Å². The van der Waals surface area contributed by atoms with Gasteiger partial charge in [-0.05, 0) is 33.2 Å². The van der Waals surface area contributed by atoms with E-state index in [9.17, 15) is 0 Å². The Morgan fingerprint density at radius 2 is 1.45 bits per heavy atom. The second kappa shape index (κ2) is 3.87. The zero-order chi connectivity index (χ0) is 13.7. The standard InChI is InChI=1S/C18H12N2/c19-17-10-9-15-14-6-5-11-3-1-2-4-12(11)13(14)7-8-16(15)18(17)20/h1-10,19-20H. The molecule has 1 aliphatic rings. The summed E-state index contributed by atoms with van der Waals surface area (Å²) >= 11 is 0. The van der Waals surface area contributed by atoms with Crippen molar-refractivity contribution in [2.24, 2.45) is 0 Å². The molecule has 0 saturated carbocycles. The Balaban J connectivity index is 2.18. The molecule has 20 heavy (non-hydrogen) atoms. The van der Waals surface area contributed by atoms with Crippen LogP contribution in [0.25, 0.3) is 27.6 Å². The van der Waals surface area contributed by atoms with Crippen molar-refractivity contribution < 1.29 is 0 Å². The van der Waals surface area contributed by atoms with Crippen molar-refractivity contribution in [3.63, 3.8) is 0 Å². The Labute approximate surface area is 116 Å². The molecule has 0 bridgehead atoms. The van der Waals surface area contributed by atoms with Gasteiger partial charge in [-0.2, -0.15) is 0 Å². The molecule has 3 aromatic carbocycles. The Morgan fingerprint density at radius 3 is 2.35 bits per heavy atom. The molecule has 2 nitrogen and oxygen atoms in total. The maximum Gasteiger partial charge on any atom is 0.0867 e. The molecule has 0 saturated heterocycles. The third-order valence-electron chi connectivity index (χ3n) is 3.92. The van der Waals surface area contributed by atoms with Crippen LogP contribution in [0, 0.1) is 10.8 Å². The highest BCUT2D eigenvalue weighted by molar-refractivity contribution is 6.52. The van der Waals surface area contributed by atoms with Gasteiger partial charge < -0.3 is 0 Å². The number of nitrogens with one attached hydrogen (secondary N) is 2. The average molecular weight is 256 g/mol. The maximum absolute atomic E-state index is 8.04. The quantitative estimate of drug-likeness (QED) is 0.560. The van der Waals surface area contributed by atoms with Gasteiger partial charge >= 0.3 is 0 Å². The van der Waals surface area contributed by atoms with Crippen molar-refractivity contribution in [3.8, 4) is 0 Å². The van der Waals surface area contributed by atoms with Crippen LogP contribution in [0.2, 0.25) is 0 Å². The summed E-state index contributed by atoms with van der Waals surface area (Å²) in [5, 5.41) is 20.6. The first-order chi connectivity index (χ1) is 9.75. The van der Waals surface area contributed by atoms with Gasteiger partial charge in [0.2, 0.25) is 0 Å². The van der Waals surface area contributed by atoms with Gasteiger partial charge in [0.15, 0.2) is 0 Å². The molecule has 0 atom stereocenters. The predicted molar refractivity (Wildman–Crippen MR) is 85.0 cm³/mol. The molecular formula is C18H12N2. The van der Waals surface area contributed by atoms with Crippen LogP contribution < -0.4 is 0 Å². The van der Waals surface area contributed by atoms with Crippen LogP contribution in [0.15, 0.2) is 54.6 Å². The highest BCUT2D eigenvalue weighted by Gasteiger charge is 2.16. The summed E-state index contributed by atoms with van der Waals surface area (Å²) in [6.07, 6.45) is 3.66. The van der Waals surface area contributed by atoms with E-state index in [-0.39, 0.29) is 5.71 Å². The number of allylic oxidation sites excluding steroid dienone is 1. The van der Waals surface area contributed by atoms with Crippen LogP contribution in [-0.2, 0) is 0 Å². The third kappa shape index (κ3) is 1.39. The van der Waals surface area contributed by atoms with Gasteiger partial charge in [0.1, 0.15) is 0 Å². The molecule has 0 unspecified atom stereocenters. The molecule has 0 fully saturated rings. The average Bonchev–Trinajstić information content (AvgIpc) is 2.50. The van der Waals surface area contributed by atoms with Crippen molar-refractivity contribution in [1.82, 2.24) is 0 Å². The fraction of sp³-hybridized carbons (Fsp3) is 0. The van der Waals surface area contributed by atoms with Gasteiger partial charge in [0.25, 0.3) is 0 Å². The van der Waals surface area contributed by atoms with Gasteiger partial charge in [-0.3, -0.25) is 10.8 Å². The minimum absolute atomic E-state index is 0.276. The number of hydrogen-bond acceptors (Lipinski definition) is 2. The summed E-state index contributed by atoms with van der Waals surface area (Å²) in [5.41, 5.74) is 2.48. The summed E-state index contributed by atoms with van der Waals surface area (Å²) in [7, 11) is 0. The van der Waals surface area contributed by atoms with Crippen molar-refractivity contribution >= 4 is 39.0 Å². The van der Waals surface area contributed by atoms with Gasteiger partial charge in [-0.1, -0.05) is 54.6 Å². The van der Waals surface area contributed by atoms with Crippen LogP contribution in [0.1, 0.15) is 11.1 Å². The molecule has 0 spiro atoms. The molecule has 3 aromatic rings. The van der Waals surface area contributed by atoms with E-state index in [1.807, 2.05) is 18.2 Å². The van der Waals surface area contributed by atoms with E-state index in [4.69, 9.17) is 10.8 Å². The highest BCUT2D eigenvalue weighted by atomic mass is 14.5. The lowest BCUT2D eigenvalue weighted by Gasteiger charge is -2.16. The summed E-state index contributed by atoms with van der Waals surface area (Å²) in [4.78, 5) is 0. The largest absolute Gasteiger partial charge is 0.299 e. The van der Waals surface area contributed by atoms with Crippen LogP contribution in [-0.4, -0.2) is 11.4 Å². The van der Waals surface area contributed by atoms with E-state index in [2.05, 4.69) is 36.4 Å². The SMILES string of the molecule is N=C1C=Cc2c(ccc3c2ccc2ccccc23)C1=N. The number of rotatable bonds is 0. The topological polar surface area (TPSA) is 47.7 Å². The Bertz CT molecular complexity index is 933. The lowest BCUT2D eigenvalue weighted by Crippen LogP contribution is -2.15. The van der Waals surface area contributed by atoms with Gasteiger partial charge in [-0.25, -0.2) is 0 Å². The number of benzene rings is 3. The summed E-state index contributed by atoms with van der Waals surface area (Å²) < 4.78 is 0. The van der Waals surface area contributed by atoms with Crippen molar-refractivity contribution in [2.75, 3.05) is 0 Å². The third-order valence-corrected chi connectivity index (χ3v) is 3.92. The van der Waals surface area contributed by atoms with Gasteiger partial charge in [-0.15, -0.1) is 0 Å². The van der Waals surface area contributed by atoms with Crippen LogP contribution in [0.3, 0.4) is 0 Å². The lowest BCUT2D eigenvalue weighted by molar-refractivity contribution is 1.46. The monoisotopic (exact) mass is 256 g/mol. The summed E-state index contributed by atoms with van der Waals surface area (Å²) in [5.74, 6) is 0. The first kappa shape index (κ1) is 11.1. The van der Waals surface area contributed by atoms with Crippen molar-refractivity contribution in [1.29, 1.82) is 10.8 Å². The Kier molecular flexibility index (Phi) is 2.15. The van der Waals surface area contributed by atoms with E-state index < -0.39 is 0 Å². The molecular weight excluding hydrogens is 244 g/mol.